The molecule has 0 spiro atoms. The number of amides is 1. The van der Waals surface area contributed by atoms with E-state index in [2.05, 4.69) is 4.98 Å². The summed E-state index contributed by atoms with van der Waals surface area (Å²) in [7, 11) is 0. The fourth-order valence-corrected chi connectivity index (χ4v) is 2.78. The van der Waals surface area contributed by atoms with Gasteiger partial charge in [0.25, 0.3) is 5.91 Å². The van der Waals surface area contributed by atoms with Crippen LogP contribution in [0, 0.1) is 0 Å². The lowest BCUT2D eigenvalue weighted by atomic mass is 10.2. The van der Waals surface area contributed by atoms with E-state index >= 15 is 0 Å². The minimum Gasteiger partial charge on any atom is -0.439 e. The van der Waals surface area contributed by atoms with E-state index < -0.39 is 30.1 Å². The van der Waals surface area contributed by atoms with Crippen LogP contribution in [0.3, 0.4) is 0 Å². The van der Waals surface area contributed by atoms with Crippen molar-refractivity contribution in [3.05, 3.63) is 53.2 Å². The van der Waals surface area contributed by atoms with Crippen LogP contribution in [0.1, 0.15) is 21.6 Å². The molecule has 0 bridgehead atoms. The minimum atomic E-state index is -4.67. The van der Waals surface area contributed by atoms with Crippen LogP contribution in [-0.4, -0.2) is 46.3 Å². The van der Waals surface area contributed by atoms with Crippen LogP contribution in [0.5, 0.6) is 11.6 Å². The number of carbonyl (C=O) groups is 1. The molecule has 2 heterocycles. The summed E-state index contributed by atoms with van der Waals surface area (Å²) in [4.78, 5) is 17.0. The lowest BCUT2D eigenvalue weighted by Crippen LogP contribution is -2.29. The van der Waals surface area contributed by atoms with Gasteiger partial charge >= 0.3 is 6.18 Å². The number of benzene rings is 1. The number of hydrogen-bond donors (Lipinski definition) is 2. The molecule has 3 rings (SSSR count). The number of halogens is 4. The summed E-state index contributed by atoms with van der Waals surface area (Å²) in [6.07, 6.45) is -7.43. The first-order valence-electron chi connectivity index (χ1n) is 8.35. The zero-order chi connectivity index (χ0) is 20.5. The number of aliphatic hydroxyl groups excluding tert-OH is 1. The highest BCUT2D eigenvalue weighted by atomic mass is 19.4. The number of rotatable bonds is 4. The SMILES string of the molecule is NCc1cc(Oc2cccc(C(=O)N3C[C@@H](O)[C@@H](F)C3)c2)nc(C(F)(F)F)c1. The van der Waals surface area contributed by atoms with E-state index in [0.717, 1.165) is 11.0 Å². The minimum absolute atomic E-state index is 0.0807. The molecule has 1 saturated heterocycles. The highest BCUT2D eigenvalue weighted by Gasteiger charge is 2.35. The monoisotopic (exact) mass is 399 g/mol. The quantitative estimate of drug-likeness (QED) is 0.772. The van der Waals surface area contributed by atoms with Gasteiger partial charge in [0.2, 0.25) is 5.88 Å². The lowest BCUT2D eigenvalue weighted by molar-refractivity contribution is -0.141. The molecule has 6 nitrogen and oxygen atoms in total. The lowest BCUT2D eigenvalue weighted by Gasteiger charge is -2.16. The number of nitrogens with zero attached hydrogens (tertiary/aromatic N) is 2. The number of likely N-dealkylation sites (tertiary alicyclic amines) is 1. The van der Waals surface area contributed by atoms with E-state index in [1.165, 1.54) is 30.3 Å². The molecular weight excluding hydrogens is 382 g/mol. The molecule has 1 fully saturated rings. The van der Waals surface area contributed by atoms with Crippen LogP contribution < -0.4 is 10.5 Å². The predicted molar refractivity (Wildman–Crippen MR) is 90.5 cm³/mol. The summed E-state index contributed by atoms with van der Waals surface area (Å²) < 4.78 is 57.7. The van der Waals surface area contributed by atoms with Gasteiger partial charge in [0.05, 0.1) is 6.54 Å². The molecule has 1 aliphatic rings. The molecule has 150 valence electrons. The standard InChI is InChI=1S/C18H17F4N3O3/c19-13-8-25(9-14(13)26)17(27)11-2-1-3-12(6-11)28-16-5-10(7-23)4-15(24-16)18(20,21)22/h1-6,13-14,26H,7-9,23H2/t13-,14+/m0/s1. The maximum atomic E-state index is 13.4. The third-order valence-electron chi connectivity index (χ3n) is 4.20. The van der Waals surface area contributed by atoms with Crippen LogP contribution in [0.4, 0.5) is 17.6 Å². The Labute approximate surface area is 157 Å². The molecule has 10 heteroatoms. The van der Waals surface area contributed by atoms with Gasteiger partial charge in [0, 0.05) is 24.7 Å². The molecule has 1 aromatic carbocycles. The van der Waals surface area contributed by atoms with Gasteiger partial charge in [0.15, 0.2) is 0 Å². The van der Waals surface area contributed by atoms with Gasteiger partial charge in [-0.3, -0.25) is 4.79 Å². The topological polar surface area (TPSA) is 88.7 Å². The highest BCUT2D eigenvalue weighted by Crippen LogP contribution is 2.31. The third kappa shape index (κ3) is 4.39. The van der Waals surface area contributed by atoms with E-state index in [4.69, 9.17) is 10.5 Å². The Kier molecular flexibility index (Phi) is 5.52. The van der Waals surface area contributed by atoms with Crippen molar-refractivity contribution >= 4 is 5.91 Å². The average Bonchev–Trinajstić information content (AvgIpc) is 2.99. The van der Waals surface area contributed by atoms with Gasteiger partial charge < -0.3 is 20.5 Å². The highest BCUT2D eigenvalue weighted by molar-refractivity contribution is 5.94. The van der Waals surface area contributed by atoms with Gasteiger partial charge in [-0.25, -0.2) is 9.37 Å². The Balaban J connectivity index is 1.83. The zero-order valence-corrected chi connectivity index (χ0v) is 14.5. The molecule has 1 amide bonds. The van der Waals surface area contributed by atoms with Gasteiger partial charge in [-0.05, 0) is 29.8 Å². The number of carbonyl (C=O) groups excluding carboxylic acids is 1. The zero-order valence-electron chi connectivity index (χ0n) is 14.5. The second-order valence-corrected chi connectivity index (χ2v) is 6.32. The summed E-state index contributed by atoms with van der Waals surface area (Å²) in [5.74, 6) is -0.762. The first-order valence-corrected chi connectivity index (χ1v) is 8.35. The predicted octanol–water partition coefficient (Wildman–Crippen LogP) is 2.51. The molecule has 2 aromatic rings. The summed E-state index contributed by atoms with van der Waals surface area (Å²) in [6, 6.07) is 7.78. The van der Waals surface area contributed by atoms with Gasteiger partial charge in [-0.2, -0.15) is 13.2 Å². The van der Waals surface area contributed by atoms with Crippen molar-refractivity contribution in [2.75, 3.05) is 13.1 Å². The van der Waals surface area contributed by atoms with Crippen molar-refractivity contribution in [2.24, 2.45) is 5.73 Å². The van der Waals surface area contributed by atoms with Gasteiger partial charge in [-0.15, -0.1) is 0 Å². The van der Waals surface area contributed by atoms with Crippen molar-refractivity contribution in [2.45, 2.75) is 25.0 Å². The van der Waals surface area contributed by atoms with E-state index in [1.807, 2.05) is 0 Å². The van der Waals surface area contributed by atoms with Crippen molar-refractivity contribution in [1.82, 2.24) is 9.88 Å². The summed E-state index contributed by atoms with van der Waals surface area (Å²) >= 11 is 0. The Morgan fingerprint density at radius 2 is 2.04 bits per heavy atom. The smallest absolute Gasteiger partial charge is 0.433 e. The Morgan fingerprint density at radius 3 is 2.64 bits per heavy atom. The van der Waals surface area contributed by atoms with Crippen molar-refractivity contribution in [3.8, 4) is 11.6 Å². The van der Waals surface area contributed by atoms with Crippen LogP contribution >= 0.6 is 0 Å². The molecule has 0 aliphatic carbocycles. The molecule has 2 atom stereocenters. The van der Waals surface area contributed by atoms with Crippen molar-refractivity contribution in [3.63, 3.8) is 0 Å². The number of β-amino-alcohol motifs (C(OH)–C–C–N with tert-alkyl or cyclic N) is 1. The van der Waals surface area contributed by atoms with Gasteiger partial charge in [0.1, 0.15) is 23.7 Å². The van der Waals surface area contributed by atoms with Crippen molar-refractivity contribution < 1.29 is 32.2 Å². The molecule has 1 aliphatic heterocycles. The summed E-state index contributed by atoms with van der Waals surface area (Å²) in [5, 5.41) is 9.45. The van der Waals surface area contributed by atoms with Gasteiger partial charge in [-0.1, -0.05) is 6.07 Å². The average molecular weight is 399 g/mol. The third-order valence-corrected chi connectivity index (χ3v) is 4.20. The first kappa shape index (κ1) is 20.0. The maximum absolute atomic E-state index is 13.4. The number of alkyl halides is 4. The molecule has 0 unspecified atom stereocenters. The molecular formula is C18H17F4N3O3. The van der Waals surface area contributed by atoms with E-state index in [0.29, 0.717) is 0 Å². The van der Waals surface area contributed by atoms with Crippen molar-refractivity contribution in [1.29, 1.82) is 0 Å². The van der Waals surface area contributed by atoms with Crippen LogP contribution in [0.2, 0.25) is 0 Å². The maximum Gasteiger partial charge on any atom is 0.433 e. The Hall–Kier alpha value is -2.72. The fourth-order valence-electron chi connectivity index (χ4n) is 2.78. The Bertz CT molecular complexity index is 865. The second kappa shape index (κ2) is 7.72. The Morgan fingerprint density at radius 1 is 1.29 bits per heavy atom. The number of aliphatic hydroxyl groups is 1. The molecule has 0 radical (unpaired) electrons. The number of hydrogen-bond acceptors (Lipinski definition) is 5. The van der Waals surface area contributed by atoms with E-state index in [1.54, 1.807) is 0 Å². The normalized spacial score (nSPS) is 19.7. The van der Waals surface area contributed by atoms with E-state index in [9.17, 15) is 27.5 Å². The van der Waals surface area contributed by atoms with Crippen LogP contribution in [0.25, 0.3) is 0 Å². The summed E-state index contributed by atoms with van der Waals surface area (Å²) in [5.41, 5.74) is 4.62. The molecule has 0 saturated carbocycles. The molecule has 3 N–H and O–H groups in total. The van der Waals surface area contributed by atoms with Crippen LogP contribution in [-0.2, 0) is 12.7 Å². The largest absolute Gasteiger partial charge is 0.439 e. The number of ether oxygens (including phenoxy) is 1. The molecule has 28 heavy (non-hydrogen) atoms. The number of aromatic nitrogens is 1. The number of nitrogens with two attached hydrogens (primary N) is 1. The fraction of sp³-hybridized carbons (Fsp3) is 0.333. The molecule has 1 aromatic heterocycles. The van der Waals surface area contributed by atoms with E-state index in [-0.39, 0.29) is 42.4 Å². The van der Waals surface area contributed by atoms with Crippen LogP contribution in [0.15, 0.2) is 36.4 Å². The second-order valence-electron chi connectivity index (χ2n) is 6.32. The number of pyridine rings is 1. The first-order chi connectivity index (χ1) is 13.2. The summed E-state index contributed by atoms with van der Waals surface area (Å²) in [6.45, 7) is -0.511.